The van der Waals surface area contributed by atoms with Gasteiger partial charge in [-0.2, -0.15) is 4.37 Å². The van der Waals surface area contributed by atoms with Crippen LogP contribution in [0, 0.1) is 0 Å². The predicted molar refractivity (Wildman–Crippen MR) is 65.6 cm³/mol. The Morgan fingerprint density at radius 1 is 1.38 bits per heavy atom. The van der Waals surface area contributed by atoms with Gasteiger partial charge >= 0.3 is 0 Å². The fraction of sp³-hybridized carbons (Fsp3) is 0.364. The number of nitrogens with zero attached hydrogens (tertiary/aromatic N) is 3. The highest BCUT2D eigenvalue weighted by molar-refractivity contribution is 7.09. The Labute approximate surface area is 98.9 Å². The van der Waals surface area contributed by atoms with Crippen molar-refractivity contribution in [2.75, 3.05) is 5.32 Å². The van der Waals surface area contributed by atoms with Crippen molar-refractivity contribution < 1.29 is 0 Å². The van der Waals surface area contributed by atoms with Crippen LogP contribution in [0.2, 0.25) is 0 Å². The number of rotatable bonds is 4. The molecular weight excluding hydrogens is 220 g/mol. The molecule has 0 aliphatic carbocycles. The molecule has 1 N–H and O–H groups in total. The lowest BCUT2D eigenvalue weighted by molar-refractivity contribution is 0.799. The van der Waals surface area contributed by atoms with E-state index < -0.39 is 0 Å². The molecule has 0 aromatic carbocycles. The maximum absolute atomic E-state index is 4.39. The van der Waals surface area contributed by atoms with Crippen LogP contribution < -0.4 is 5.32 Å². The van der Waals surface area contributed by atoms with E-state index >= 15 is 0 Å². The molecule has 0 saturated heterocycles. The average Bonchev–Trinajstić information content (AvgIpc) is 2.76. The fourth-order valence-corrected chi connectivity index (χ4v) is 1.91. The van der Waals surface area contributed by atoms with Crippen LogP contribution in [0.15, 0.2) is 24.4 Å². The molecule has 84 valence electrons. The summed E-state index contributed by atoms with van der Waals surface area (Å²) in [5.41, 5.74) is 1.00. The first-order chi connectivity index (χ1) is 7.75. The summed E-state index contributed by atoms with van der Waals surface area (Å²) in [6.45, 7) is 4.86. The van der Waals surface area contributed by atoms with Crippen molar-refractivity contribution in [3.05, 3.63) is 35.9 Å². The SMILES string of the molecule is CC(C)c1nsc(NCc2ccccn2)n1. The van der Waals surface area contributed by atoms with Crippen LogP contribution in [-0.4, -0.2) is 14.3 Å². The molecule has 0 fully saturated rings. The lowest BCUT2D eigenvalue weighted by atomic mass is 10.2. The zero-order chi connectivity index (χ0) is 11.4. The lowest BCUT2D eigenvalue weighted by Gasteiger charge is -2.00. The van der Waals surface area contributed by atoms with Crippen LogP contribution in [-0.2, 0) is 6.54 Å². The quantitative estimate of drug-likeness (QED) is 0.883. The van der Waals surface area contributed by atoms with Crippen molar-refractivity contribution in [1.82, 2.24) is 14.3 Å². The highest BCUT2D eigenvalue weighted by Gasteiger charge is 2.06. The number of anilines is 1. The van der Waals surface area contributed by atoms with Crippen molar-refractivity contribution >= 4 is 16.7 Å². The molecule has 0 atom stereocenters. The van der Waals surface area contributed by atoms with Crippen LogP contribution in [0.5, 0.6) is 0 Å². The second-order valence-corrected chi connectivity index (χ2v) is 4.54. The standard InChI is InChI=1S/C11H14N4S/c1-8(2)10-14-11(16-15-10)13-7-9-5-3-4-6-12-9/h3-6,8H,7H2,1-2H3,(H,13,14,15). The van der Waals surface area contributed by atoms with Gasteiger partial charge in [-0.15, -0.1) is 0 Å². The molecular formula is C11H14N4S. The van der Waals surface area contributed by atoms with E-state index in [0.29, 0.717) is 12.5 Å². The summed E-state index contributed by atoms with van der Waals surface area (Å²) >= 11 is 1.40. The van der Waals surface area contributed by atoms with Crippen molar-refractivity contribution in [3.8, 4) is 0 Å². The van der Waals surface area contributed by atoms with E-state index in [-0.39, 0.29) is 0 Å². The zero-order valence-electron chi connectivity index (χ0n) is 9.34. The van der Waals surface area contributed by atoms with Gasteiger partial charge in [0.05, 0.1) is 12.2 Å². The van der Waals surface area contributed by atoms with Gasteiger partial charge in [0.2, 0.25) is 5.13 Å². The first-order valence-corrected chi connectivity index (χ1v) is 6.00. The van der Waals surface area contributed by atoms with Gasteiger partial charge in [0.15, 0.2) is 0 Å². The van der Waals surface area contributed by atoms with Crippen molar-refractivity contribution in [2.24, 2.45) is 0 Å². The summed E-state index contributed by atoms with van der Waals surface area (Å²) in [6, 6.07) is 5.87. The van der Waals surface area contributed by atoms with Gasteiger partial charge in [0.1, 0.15) is 5.82 Å². The van der Waals surface area contributed by atoms with Crippen molar-refractivity contribution in [2.45, 2.75) is 26.3 Å². The molecule has 4 nitrogen and oxygen atoms in total. The number of aromatic nitrogens is 3. The van der Waals surface area contributed by atoms with Crippen LogP contribution in [0.25, 0.3) is 0 Å². The zero-order valence-corrected chi connectivity index (χ0v) is 10.2. The summed E-state index contributed by atoms with van der Waals surface area (Å²) in [4.78, 5) is 8.62. The molecule has 0 unspecified atom stereocenters. The molecule has 2 aromatic rings. The Morgan fingerprint density at radius 3 is 2.88 bits per heavy atom. The number of hydrogen-bond acceptors (Lipinski definition) is 5. The third-order valence-corrected chi connectivity index (χ3v) is 2.79. The molecule has 0 amide bonds. The number of hydrogen-bond donors (Lipinski definition) is 1. The van der Waals surface area contributed by atoms with E-state index in [9.17, 15) is 0 Å². The second-order valence-electron chi connectivity index (χ2n) is 3.79. The van der Waals surface area contributed by atoms with E-state index in [1.165, 1.54) is 11.5 Å². The molecule has 0 radical (unpaired) electrons. The predicted octanol–water partition coefficient (Wildman–Crippen LogP) is 2.67. The van der Waals surface area contributed by atoms with Gasteiger partial charge in [-0.25, -0.2) is 4.98 Å². The second kappa shape index (κ2) is 5.03. The Hall–Kier alpha value is -1.49. The topological polar surface area (TPSA) is 50.7 Å². The van der Waals surface area contributed by atoms with E-state index in [4.69, 9.17) is 0 Å². The summed E-state index contributed by atoms with van der Waals surface area (Å²) in [7, 11) is 0. The van der Waals surface area contributed by atoms with Gasteiger partial charge in [0.25, 0.3) is 0 Å². The Morgan fingerprint density at radius 2 is 2.25 bits per heavy atom. The van der Waals surface area contributed by atoms with E-state index in [1.54, 1.807) is 6.20 Å². The highest BCUT2D eigenvalue weighted by atomic mass is 32.1. The molecule has 0 aliphatic rings. The summed E-state index contributed by atoms with van der Waals surface area (Å²) in [5.74, 6) is 1.27. The number of nitrogens with one attached hydrogen (secondary N) is 1. The normalized spacial score (nSPS) is 10.7. The molecule has 2 rings (SSSR count). The number of pyridine rings is 1. The molecule has 5 heteroatoms. The molecule has 0 bridgehead atoms. The van der Waals surface area contributed by atoms with Gasteiger partial charge in [-0.1, -0.05) is 19.9 Å². The minimum atomic E-state index is 0.377. The van der Waals surface area contributed by atoms with Gasteiger partial charge < -0.3 is 5.32 Å². The maximum Gasteiger partial charge on any atom is 0.202 e. The minimum Gasteiger partial charge on any atom is -0.355 e. The highest BCUT2D eigenvalue weighted by Crippen LogP contribution is 2.17. The summed E-state index contributed by atoms with van der Waals surface area (Å²) < 4.78 is 4.28. The monoisotopic (exact) mass is 234 g/mol. The van der Waals surface area contributed by atoms with Crippen LogP contribution in [0.1, 0.15) is 31.3 Å². The van der Waals surface area contributed by atoms with Gasteiger partial charge in [0, 0.05) is 23.6 Å². The van der Waals surface area contributed by atoms with Gasteiger partial charge in [-0.05, 0) is 12.1 Å². The summed E-state index contributed by atoms with van der Waals surface area (Å²) in [5, 5.41) is 4.07. The largest absolute Gasteiger partial charge is 0.355 e. The molecule has 0 aliphatic heterocycles. The van der Waals surface area contributed by atoms with E-state index in [1.807, 2.05) is 18.2 Å². The Balaban J connectivity index is 1.95. The fourth-order valence-electron chi connectivity index (χ4n) is 1.21. The van der Waals surface area contributed by atoms with Crippen LogP contribution in [0.4, 0.5) is 5.13 Å². The Kier molecular flexibility index (Phi) is 3.46. The molecule has 0 saturated carbocycles. The minimum absolute atomic E-state index is 0.377. The molecule has 2 aromatic heterocycles. The summed E-state index contributed by atoms with van der Waals surface area (Å²) in [6.07, 6.45) is 1.79. The first kappa shape index (κ1) is 11.0. The molecule has 16 heavy (non-hydrogen) atoms. The first-order valence-electron chi connectivity index (χ1n) is 5.23. The average molecular weight is 234 g/mol. The smallest absolute Gasteiger partial charge is 0.202 e. The molecule has 0 spiro atoms. The van der Waals surface area contributed by atoms with Crippen molar-refractivity contribution in [3.63, 3.8) is 0 Å². The maximum atomic E-state index is 4.39. The van der Waals surface area contributed by atoms with Crippen LogP contribution >= 0.6 is 11.5 Å². The van der Waals surface area contributed by atoms with Crippen LogP contribution in [0.3, 0.4) is 0 Å². The Bertz CT molecular complexity index is 438. The molecule has 2 heterocycles. The lowest BCUT2D eigenvalue weighted by Crippen LogP contribution is -2.01. The van der Waals surface area contributed by atoms with Crippen molar-refractivity contribution in [1.29, 1.82) is 0 Å². The third kappa shape index (κ3) is 2.76. The van der Waals surface area contributed by atoms with E-state index in [2.05, 4.69) is 33.5 Å². The van der Waals surface area contributed by atoms with Gasteiger partial charge in [-0.3, -0.25) is 4.98 Å². The third-order valence-electron chi connectivity index (χ3n) is 2.11. The van der Waals surface area contributed by atoms with E-state index in [0.717, 1.165) is 16.6 Å².